The molecule has 0 unspecified atom stereocenters. The lowest BCUT2D eigenvalue weighted by molar-refractivity contribution is 0.101. The topological polar surface area (TPSA) is 89.2 Å². The molecule has 0 atom stereocenters. The van der Waals surface area contributed by atoms with Gasteiger partial charge in [-0.15, -0.1) is 10.2 Å². The number of aromatic nitrogens is 4. The van der Waals surface area contributed by atoms with E-state index < -0.39 is 0 Å². The number of Topliss-reactive ketones (excluding diaryl/α,β-unsaturated/α-hetero) is 1. The Bertz CT molecular complexity index is 1130. The molecule has 0 fully saturated rings. The summed E-state index contributed by atoms with van der Waals surface area (Å²) in [4.78, 5) is 27.9. The second-order valence-electron chi connectivity index (χ2n) is 5.98. The monoisotopic (exact) mass is 357 g/mol. The van der Waals surface area contributed by atoms with Crippen molar-refractivity contribution >= 4 is 23.2 Å². The molecule has 1 amide bonds. The maximum Gasteiger partial charge on any atom is 0.255 e. The lowest BCUT2D eigenvalue weighted by atomic mass is 10.1. The highest BCUT2D eigenvalue weighted by molar-refractivity contribution is 6.04. The fraction of sp³-hybridized carbons (Fsp3) is 0.0500. The minimum Gasteiger partial charge on any atom is -0.322 e. The second-order valence-corrected chi connectivity index (χ2v) is 5.98. The number of carbonyl (C=O) groups is 2. The quantitative estimate of drug-likeness (QED) is 0.566. The molecule has 2 aromatic heterocycles. The van der Waals surface area contributed by atoms with Gasteiger partial charge >= 0.3 is 0 Å². The normalized spacial score (nSPS) is 10.7. The largest absolute Gasteiger partial charge is 0.322 e. The zero-order valence-corrected chi connectivity index (χ0v) is 14.5. The molecule has 0 aliphatic rings. The van der Waals surface area contributed by atoms with E-state index in [9.17, 15) is 9.59 Å². The van der Waals surface area contributed by atoms with Gasteiger partial charge in [0, 0.05) is 34.8 Å². The van der Waals surface area contributed by atoms with Crippen molar-refractivity contribution in [3.8, 4) is 11.4 Å². The molecule has 132 valence electrons. The van der Waals surface area contributed by atoms with Gasteiger partial charge in [-0.2, -0.15) is 0 Å². The number of hydrogen-bond donors (Lipinski definition) is 1. The second kappa shape index (κ2) is 6.80. The Morgan fingerprint density at radius 3 is 2.33 bits per heavy atom. The smallest absolute Gasteiger partial charge is 0.255 e. The Labute approximate surface area is 154 Å². The van der Waals surface area contributed by atoms with Crippen molar-refractivity contribution in [3.63, 3.8) is 0 Å². The number of fused-ring (bicyclic) bond motifs is 1. The summed E-state index contributed by atoms with van der Waals surface area (Å²) in [6.45, 7) is 1.50. The van der Waals surface area contributed by atoms with Crippen LogP contribution >= 0.6 is 0 Å². The van der Waals surface area contributed by atoms with Crippen molar-refractivity contribution < 1.29 is 9.59 Å². The molecule has 0 aliphatic carbocycles. The zero-order valence-electron chi connectivity index (χ0n) is 14.5. The SMILES string of the molecule is CC(=O)c1ccc(NC(=O)c2ccc(-c3nnc4ncccn34)cc2)cc1. The summed E-state index contributed by atoms with van der Waals surface area (Å²) in [5.74, 6) is 0.928. The van der Waals surface area contributed by atoms with Crippen molar-refractivity contribution in [2.75, 3.05) is 5.32 Å². The lowest BCUT2D eigenvalue weighted by Crippen LogP contribution is -2.11. The van der Waals surface area contributed by atoms with Gasteiger partial charge in [0.25, 0.3) is 11.7 Å². The summed E-state index contributed by atoms with van der Waals surface area (Å²) in [6.07, 6.45) is 3.49. The highest BCUT2D eigenvalue weighted by Gasteiger charge is 2.11. The standard InChI is InChI=1S/C20H15N5O2/c1-13(26)14-7-9-17(10-8-14)22-19(27)16-5-3-15(4-6-16)18-23-24-20-21-11-2-12-25(18)20/h2-12H,1H3,(H,22,27). The molecule has 0 radical (unpaired) electrons. The molecule has 27 heavy (non-hydrogen) atoms. The van der Waals surface area contributed by atoms with E-state index in [2.05, 4.69) is 20.5 Å². The van der Waals surface area contributed by atoms with E-state index in [0.717, 1.165) is 5.56 Å². The fourth-order valence-corrected chi connectivity index (χ4v) is 2.70. The van der Waals surface area contributed by atoms with E-state index >= 15 is 0 Å². The van der Waals surface area contributed by atoms with Crippen LogP contribution in [0, 0.1) is 0 Å². The fourth-order valence-electron chi connectivity index (χ4n) is 2.70. The number of carbonyl (C=O) groups excluding carboxylic acids is 2. The minimum atomic E-state index is -0.232. The van der Waals surface area contributed by atoms with Crippen LogP contribution in [0.4, 0.5) is 5.69 Å². The van der Waals surface area contributed by atoms with Crippen molar-refractivity contribution in [1.29, 1.82) is 0 Å². The summed E-state index contributed by atoms with van der Waals surface area (Å²) < 4.78 is 1.78. The van der Waals surface area contributed by atoms with Crippen molar-refractivity contribution in [3.05, 3.63) is 78.1 Å². The Balaban J connectivity index is 1.53. The van der Waals surface area contributed by atoms with Crippen LogP contribution < -0.4 is 5.32 Å². The maximum absolute atomic E-state index is 12.4. The average molecular weight is 357 g/mol. The van der Waals surface area contributed by atoms with E-state index in [-0.39, 0.29) is 11.7 Å². The Morgan fingerprint density at radius 2 is 1.63 bits per heavy atom. The van der Waals surface area contributed by atoms with Gasteiger partial charge in [0.05, 0.1) is 0 Å². The first-order valence-electron chi connectivity index (χ1n) is 8.30. The zero-order chi connectivity index (χ0) is 18.8. The first kappa shape index (κ1) is 16.6. The number of amides is 1. The van der Waals surface area contributed by atoms with Crippen LogP contribution in [0.25, 0.3) is 17.2 Å². The highest BCUT2D eigenvalue weighted by atomic mass is 16.1. The summed E-state index contributed by atoms with van der Waals surface area (Å²) >= 11 is 0. The van der Waals surface area contributed by atoms with E-state index in [1.807, 2.05) is 18.3 Å². The van der Waals surface area contributed by atoms with Crippen LogP contribution in [0.1, 0.15) is 27.6 Å². The molecular weight excluding hydrogens is 342 g/mol. The van der Waals surface area contributed by atoms with Gasteiger partial charge in [-0.25, -0.2) is 4.98 Å². The predicted octanol–water partition coefficient (Wildman–Crippen LogP) is 3.25. The first-order valence-corrected chi connectivity index (χ1v) is 8.30. The number of nitrogens with zero attached hydrogens (tertiary/aromatic N) is 4. The number of rotatable bonds is 4. The summed E-state index contributed by atoms with van der Waals surface area (Å²) in [5.41, 5.74) is 2.58. The average Bonchev–Trinajstić information content (AvgIpc) is 3.12. The molecule has 7 heteroatoms. The van der Waals surface area contributed by atoms with E-state index in [4.69, 9.17) is 0 Å². The van der Waals surface area contributed by atoms with E-state index in [1.54, 1.807) is 53.1 Å². The number of ketones is 1. The summed E-state index contributed by atoms with van der Waals surface area (Å²) in [7, 11) is 0. The van der Waals surface area contributed by atoms with Crippen LogP contribution in [-0.2, 0) is 0 Å². The van der Waals surface area contributed by atoms with Crippen molar-refractivity contribution in [2.45, 2.75) is 6.92 Å². The van der Waals surface area contributed by atoms with Gasteiger partial charge in [-0.3, -0.25) is 14.0 Å². The van der Waals surface area contributed by atoms with Crippen LogP contribution in [0.2, 0.25) is 0 Å². The Morgan fingerprint density at radius 1 is 0.926 bits per heavy atom. The van der Waals surface area contributed by atoms with E-state index in [0.29, 0.717) is 28.4 Å². The minimum absolute atomic E-state index is 0.0142. The number of nitrogens with one attached hydrogen (secondary N) is 1. The van der Waals surface area contributed by atoms with Gasteiger partial charge in [-0.1, -0.05) is 12.1 Å². The van der Waals surface area contributed by atoms with Crippen molar-refractivity contribution in [1.82, 2.24) is 19.6 Å². The molecule has 0 spiro atoms. The molecule has 1 N–H and O–H groups in total. The molecule has 0 saturated carbocycles. The van der Waals surface area contributed by atoms with Crippen LogP contribution in [-0.4, -0.2) is 31.3 Å². The molecule has 2 aromatic carbocycles. The number of anilines is 1. The molecule has 2 heterocycles. The third-order valence-corrected chi connectivity index (χ3v) is 4.14. The molecule has 0 saturated heterocycles. The molecule has 0 bridgehead atoms. The number of hydrogen-bond acceptors (Lipinski definition) is 5. The van der Waals surface area contributed by atoms with E-state index in [1.165, 1.54) is 6.92 Å². The molecule has 4 aromatic rings. The highest BCUT2D eigenvalue weighted by Crippen LogP contribution is 2.19. The van der Waals surface area contributed by atoms with Gasteiger partial charge in [0.2, 0.25) is 0 Å². The summed E-state index contributed by atoms with van der Waals surface area (Å²) in [5, 5.41) is 11.0. The van der Waals surface area contributed by atoms with Gasteiger partial charge in [-0.05, 0) is 49.4 Å². The third-order valence-electron chi connectivity index (χ3n) is 4.14. The van der Waals surface area contributed by atoms with Gasteiger partial charge < -0.3 is 5.32 Å². The predicted molar refractivity (Wildman–Crippen MR) is 101 cm³/mol. The summed E-state index contributed by atoms with van der Waals surface area (Å²) in [6, 6.07) is 15.7. The van der Waals surface area contributed by atoms with Crippen LogP contribution in [0.3, 0.4) is 0 Å². The molecule has 7 nitrogen and oxygen atoms in total. The first-order chi connectivity index (χ1) is 13.1. The Kier molecular flexibility index (Phi) is 4.18. The van der Waals surface area contributed by atoms with Crippen molar-refractivity contribution in [2.24, 2.45) is 0 Å². The van der Waals surface area contributed by atoms with Gasteiger partial charge in [0.15, 0.2) is 11.6 Å². The molecule has 0 aliphatic heterocycles. The molecule has 4 rings (SSSR count). The van der Waals surface area contributed by atoms with Crippen LogP contribution in [0.5, 0.6) is 0 Å². The Hall–Kier alpha value is -3.87. The maximum atomic E-state index is 12.4. The third kappa shape index (κ3) is 3.30. The molecular formula is C20H15N5O2. The van der Waals surface area contributed by atoms with Crippen LogP contribution in [0.15, 0.2) is 67.0 Å². The lowest BCUT2D eigenvalue weighted by Gasteiger charge is -2.07. The number of benzene rings is 2. The van der Waals surface area contributed by atoms with Gasteiger partial charge in [0.1, 0.15) is 0 Å².